The van der Waals surface area contributed by atoms with Gasteiger partial charge in [0.05, 0.1) is 24.9 Å². The van der Waals surface area contributed by atoms with Crippen molar-refractivity contribution in [3.8, 4) is 17.1 Å². The van der Waals surface area contributed by atoms with E-state index in [9.17, 15) is 9.18 Å². The molecule has 1 atom stereocenters. The fourth-order valence-electron chi connectivity index (χ4n) is 3.50. The number of hydrogen-bond donors (Lipinski definition) is 1. The van der Waals surface area contributed by atoms with Gasteiger partial charge in [0.15, 0.2) is 5.82 Å². The number of anilines is 1. The predicted octanol–water partition coefficient (Wildman–Crippen LogP) is 3.94. The van der Waals surface area contributed by atoms with Crippen LogP contribution in [0.5, 0.6) is 5.75 Å². The average molecular weight is 408 g/mol. The Morgan fingerprint density at radius 2 is 2.03 bits per heavy atom. The summed E-state index contributed by atoms with van der Waals surface area (Å²) in [6.45, 7) is 3.77. The van der Waals surface area contributed by atoms with Gasteiger partial charge in [-0.15, -0.1) is 5.10 Å². The number of halogens is 1. The largest absolute Gasteiger partial charge is 0.497 e. The predicted molar refractivity (Wildman–Crippen MR) is 110 cm³/mol. The van der Waals surface area contributed by atoms with Gasteiger partial charge in [-0.25, -0.2) is 13.9 Å². The van der Waals surface area contributed by atoms with Crippen molar-refractivity contribution in [3.63, 3.8) is 0 Å². The van der Waals surface area contributed by atoms with Gasteiger partial charge >= 0.3 is 5.97 Å². The molecule has 1 aromatic heterocycles. The number of carbonyl (C=O) groups excluding carboxylic acids is 1. The molecule has 1 unspecified atom stereocenters. The first-order chi connectivity index (χ1) is 14.5. The summed E-state index contributed by atoms with van der Waals surface area (Å²) >= 11 is 0. The van der Waals surface area contributed by atoms with E-state index in [4.69, 9.17) is 9.47 Å². The highest BCUT2D eigenvalue weighted by molar-refractivity contribution is 5.92. The number of esters is 1. The molecular weight excluding hydrogens is 387 g/mol. The molecule has 0 fully saturated rings. The molecule has 154 valence electrons. The normalized spacial score (nSPS) is 15.4. The number of allylic oxidation sites excluding steroid dienone is 1. The molecule has 2 aromatic carbocycles. The minimum Gasteiger partial charge on any atom is -0.497 e. The zero-order valence-electron chi connectivity index (χ0n) is 16.8. The number of nitrogens with zero attached hydrogens (tertiary/aromatic N) is 3. The van der Waals surface area contributed by atoms with E-state index in [1.54, 1.807) is 43.8 Å². The highest BCUT2D eigenvalue weighted by atomic mass is 19.1. The molecule has 1 aliphatic heterocycles. The Labute approximate surface area is 173 Å². The second kappa shape index (κ2) is 7.98. The number of rotatable bonds is 5. The maximum atomic E-state index is 14.3. The third-order valence-electron chi connectivity index (χ3n) is 4.87. The van der Waals surface area contributed by atoms with Crippen LogP contribution in [0.2, 0.25) is 0 Å². The summed E-state index contributed by atoms with van der Waals surface area (Å²) in [5, 5.41) is 7.64. The van der Waals surface area contributed by atoms with Crippen LogP contribution in [0.1, 0.15) is 25.5 Å². The first-order valence-electron chi connectivity index (χ1n) is 9.53. The average Bonchev–Trinajstić information content (AvgIpc) is 3.16. The standard InChI is InChI=1S/C22H21FN4O3/c1-4-30-21(28)18-13(2)24-22-25-20(16-10-5-6-11-17(16)23)26-27(22)19(18)14-8-7-9-15(12-14)29-3/h5-12,19H,4H2,1-3H3,(H,24,25,26). The first-order valence-corrected chi connectivity index (χ1v) is 9.53. The molecule has 0 amide bonds. The van der Waals surface area contributed by atoms with Crippen LogP contribution in [0.4, 0.5) is 10.3 Å². The van der Waals surface area contributed by atoms with E-state index in [-0.39, 0.29) is 18.0 Å². The lowest BCUT2D eigenvalue weighted by Crippen LogP contribution is -2.29. The first kappa shape index (κ1) is 19.6. The smallest absolute Gasteiger partial charge is 0.338 e. The van der Waals surface area contributed by atoms with Crippen molar-refractivity contribution in [2.75, 3.05) is 19.0 Å². The molecule has 4 rings (SSSR count). The zero-order chi connectivity index (χ0) is 21.3. The molecule has 30 heavy (non-hydrogen) atoms. The van der Waals surface area contributed by atoms with Gasteiger partial charge in [-0.2, -0.15) is 4.98 Å². The summed E-state index contributed by atoms with van der Waals surface area (Å²) in [6.07, 6.45) is 0. The molecule has 1 N–H and O–H groups in total. The van der Waals surface area contributed by atoms with Crippen molar-refractivity contribution in [2.24, 2.45) is 0 Å². The number of nitrogens with one attached hydrogen (secondary N) is 1. The second-order valence-corrected chi connectivity index (χ2v) is 6.75. The highest BCUT2D eigenvalue weighted by Crippen LogP contribution is 2.37. The Hall–Kier alpha value is -3.68. The molecule has 8 heteroatoms. The fourth-order valence-corrected chi connectivity index (χ4v) is 3.50. The van der Waals surface area contributed by atoms with E-state index in [0.717, 1.165) is 5.56 Å². The van der Waals surface area contributed by atoms with Crippen molar-refractivity contribution >= 4 is 11.9 Å². The van der Waals surface area contributed by atoms with E-state index in [0.29, 0.717) is 23.0 Å². The molecule has 0 aliphatic carbocycles. The summed E-state index contributed by atoms with van der Waals surface area (Å²) < 4.78 is 26.6. The highest BCUT2D eigenvalue weighted by Gasteiger charge is 2.35. The van der Waals surface area contributed by atoms with Gasteiger partial charge in [0, 0.05) is 5.70 Å². The lowest BCUT2D eigenvalue weighted by atomic mass is 9.95. The van der Waals surface area contributed by atoms with E-state index < -0.39 is 17.8 Å². The Morgan fingerprint density at radius 3 is 2.77 bits per heavy atom. The van der Waals surface area contributed by atoms with E-state index in [2.05, 4.69) is 15.4 Å². The van der Waals surface area contributed by atoms with Gasteiger partial charge in [0.2, 0.25) is 5.95 Å². The molecule has 0 spiro atoms. The summed E-state index contributed by atoms with van der Waals surface area (Å²) in [4.78, 5) is 17.3. The molecule has 1 aliphatic rings. The second-order valence-electron chi connectivity index (χ2n) is 6.75. The minimum atomic E-state index is -0.608. The van der Waals surface area contributed by atoms with Gasteiger partial charge < -0.3 is 14.8 Å². The van der Waals surface area contributed by atoms with Crippen molar-refractivity contribution in [2.45, 2.75) is 19.9 Å². The third kappa shape index (κ3) is 3.41. The van der Waals surface area contributed by atoms with Crippen LogP contribution >= 0.6 is 0 Å². The SMILES string of the molecule is CCOC(=O)C1=C(C)Nc2nc(-c3ccccc3F)nn2C1c1cccc(OC)c1. The molecule has 2 heterocycles. The molecule has 0 saturated carbocycles. The van der Waals surface area contributed by atoms with Gasteiger partial charge in [-0.3, -0.25) is 0 Å². The Morgan fingerprint density at radius 1 is 1.23 bits per heavy atom. The Kier molecular flexibility index (Phi) is 5.22. The molecule has 3 aromatic rings. The minimum absolute atomic E-state index is 0.224. The van der Waals surface area contributed by atoms with E-state index in [1.807, 2.05) is 24.3 Å². The van der Waals surface area contributed by atoms with Gasteiger partial charge in [0.25, 0.3) is 0 Å². The van der Waals surface area contributed by atoms with Crippen LogP contribution in [0.25, 0.3) is 11.4 Å². The van der Waals surface area contributed by atoms with Crippen molar-refractivity contribution in [3.05, 3.63) is 71.2 Å². The summed E-state index contributed by atoms with van der Waals surface area (Å²) in [5.74, 6) is 0.397. The van der Waals surface area contributed by atoms with Crippen molar-refractivity contribution < 1.29 is 18.7 Å². The van der Waals surface area contributed by atoms with Crippen LogP contribution in [0, 0.1) is 5.82 Å². The van der Waals surface area contributed by atoms with Gasteiger partial charge in [-0.1, -0.05) is 24.3 Å². The fraction of sp³-hybridized carbons (Fsp3) is 0.227. The monoisotopic (exact) mass is 408 g/mol. The summed E-state index contributed by atoms with van der Waals surface area (Å²) in [6, 6.07) is 13.1. The van der Waals surface area contributed by atoms with Crippen LogP contribution in [0.15, 0.2) is 59.8 Å². The van der Waals surface area contributed by atoms with Crippen LogP contribution in [-0.2, 0) is 9.53 Å². The lowest BCUT2D eigenvalue weighted by Gasteiger charge is -2.28. The number of ether oxygens (including phenoxy) is 2. The number of carbonyl (C=O) groups is 1. The number of aromatic nitrogens is 3. The number of benzene rings is 2. The van der Waals surface area contributed by atoms with Crippen LogP contribution in [-0.4, -0.2) is 34.5 Å². The Bertz CT molecular complexity index is 1140. The quantitative estimate of drug-likeness (QED) is 0.644. The van der Waals surface area contributed by atoms with Gasteiger partial charge in [0.1, 0.15) is 17.6 Å². The molecular formula is C22H21FN4O3. The Balaban J connectivity index is 1.89. The molecule has 7 nitrogen and oxygen atoms in total. The third-order valence-corrected chi connectivity index (χ3v) is 4.87. The van der Waals surface area contributed by atoms with E-state index in [1.165, 1.54) is 6.07 Å². The maximum absolute atomic E-state index is 14.3. The van der Waals surface area contributed by atoms with Crippen LogP contribution in [0.3, 0.4) is 0 Å². The molecule has 0 radical (unpaired) electrons. The lowest BCUT2D eigenvalue weighted by molar-refractivity contribution is -0.139. The maximum Gasteiger partial charge on any atom is 0.338 e. The van der Waals surface area contributed by atoms with E-state index >= 15 is 0 Å². The molecule has 0 bridgehead atoms. The van der Waals surface area contributed by atoms with Crippen molar-refractivity contribution in [1.82, 2.24) is 14.8 Å². The molecule has 0 saturated heterocycles. The van der Waals surface area contributed by atoms with Crippen LogP contribution < -0.4 is 10.1 Å². The van der Waals surface area contributed by atoms with Crippen molar-refractivity contribution in [1.29, 1.82) is 0 Å². The number of hydrogen-bond acceptors (Lipinski definition) is 6. The summed E-state index contributed by atoms with van der Waals surface area (Å²) in [5.41, 5.74) is 2.05. The number of fused-ring (bicyclic) bond motifs is 1. The topological polar surface area (TPSA) is 78.3 Å². The zero-order valence-corrected chi connectivity index (χ0v) is 16.8. The van der Waals surface area contributed by atoms with Gasteiger partial charge in [-0.05, 0) is 43.7 Å². The number of methoxy groups -OCH3 is 1. The summed E-state index contributed by atoms with van der Waals surface area (Å²) in [7, 11) is 1.58.